The second kappa shape index (κ2) is 5.56. The van der Waals surface area contributed by atoms with Gasteiger partial charge in [-0.1, -0.05) is 0 Å². The van der Waals surface area contributed by atoms with Crippen LogP contribution in [0.5, 0.6) is 11.5 Å². The van der Waals surface area contributed by atoms with Crippen LogP contribution in [0.15, 0.2) is 29.4 Å². The van der Waals surface area contributed by atoms with Crippen LogP contribution in [0, 0.1) is 20.8 Å². The van der Waals surface area contributed by atoms with Crippen molar-refractivity contribution in [2.75, 3.05) is 0 Å². The van der Waals surface area contributed by atoms with Gasteiger partial charge in [0.25, 0.3) is 5.95 Å². The van der Waals surface area contributed by atoms with Crippen LogP contribution in [0.25, 0.3) is 5.95 Å². The molecule has 0 saturated heterocycles. The Labute approximate surface area is 132 Å². The van der Waals surface area contributed by atoms with E-state index in [2.05, 4.69) is 20.4 Å². The highest BCUT2D eigenvalue weighted by atomic mass is 16.3. The summed E-state index contributed by atoms with van der Waals surface area (Å²) in [6.45, 7) is 5.59. The third-order valence-electron chi connectivity index (χ3n) is 3.31. The van der Waals surface area contributed by atoms with Crippen LogP contribution in [-0.4, -0.2) is 41.1 Å². The van der Waals surface area contributed by atoms with E-state index in [-0.39, 0.29) is 11.5 Å². The Balaban J connectivity index is 2.02. The van der Waals surface area contributed by atoms with Gasteiger partial charge >= 0.3 is 0 Å². The average molecular weight is 312 g/mol. The summed E-state index contributed by atoms with van der Waals surface area (Å²) in [4.78, 5) is 0. The number of benzene rings is 1. The molecule has 3 rings (SSSR count). The molecule has 2 heterocycles. The molecule has 8 nitrogen and oxygen atoms in total. The molecule has 0 saturated carbocycles. The largest absolute Gasteiger partial charge is 0.508 e. The number of aromatic nitrogens is 5. The minimum Gasteiger partial charge on any atom is -0.508 e. The highest BCUT2D eigenvalue weighted by Gasteiger charge is 2.13. The quantitative estimate of drug-likeness (QED) is 0.717. The van der Waals surface area contributed by atoms with Crippen molar-refractivity contribution in [2.45, 2.75) is 20.8 Å². The monoisotopic (exact) mass is 312 g/mol. The van der Waals surface area contributed by atoms with Gasteiger partial charge in [0.15, 0.2) is 5.82 Å². The van der Waals surface area contributed by atoms with Crippen LogP contribution in [0.3, 0.4) is 0 Å². The average Bonchev–Trinajstić information content (AvgIpc) is 3.00. The fourth-order valence-corrected chi connectivity index (χ4v) is 2.21. The molecule has 0 aliphatic rings. The van der Waals surface area contributed by atoms with Gasteiger partial charge in [0.1, 0.15) is 11.5 Å². The van der Waals surface area contributed by atoms with Crippen molar-refractivity contribution in [1.29, 1.82) is 0 Å². The Morgan fingerprint density at radius 2 is 1.87 bits per heavy atom. The topological polar surface area (TPSA) is 101 Å². The number of aryl methyl sites for hydroxylation is 3. The van der Waals surface area contributed by atoms with Crippen molar-refractivity contribution in [3.05, 3.63) is 47.0 Å². The first kappa shape index (κ1) is 14.8. The van der Waals surface area contributed by atoms with E-state index in [1.54, 1.807) is 17.7 Å². The normalized spacial score (nSPS) is 11.4. The third-order valence-corrected chi connectivity index (χ3v) is 3.31. The maximum absolute atomic E-state index is 9.81. The lowest BCUT2D eigenvalue weighted by atomic mass is 10.2. The summed E-state index contributed by atoms with van der Waals surface area (Å²) in [5.74, 6) is 0.972. The molecule has 0 unspecified atom stereocenters. The van der Waals surface area contributed by atoms with Gasteiger partial charge in [-0.15, -0.1) is 10.2 Å². The van der Waals surface area contributed by atoms with E-state index in [0.29, 0.717) is 17.3 Å². The molecule has 0 fully saturated rings. The van der Waals surface area contributed by atoms with Crippen LogP contribution in [-0.2, 0) is 0 Å². The van der Waals surface area contributed by atoms with Gasteiger partial charge in [0.05, 0.1) is 11.9 Å². The zero-order valence-corrected chi connectivity index (χ0v) is 13.0. The van der Waals surface area contributed by atoms with E-state index in [4.69, 9.17) is 0 Å². The SMILES string of the molecule is Cc1cc(C)n(-c2nnc(C)n2/N=C/c2ccc(O)cc2O)n1. The summed E-state index contributed by atoms with van der Waals surface area (Å²) in [6, 6.07) is 6.23. The van der Waals surface area contributed by atoms with Crippen LogP contribution >= 0.6 is 0 Å². The maximum Gasteiger partial charge on any atom is 0.273 e. The lowest BCUT2D eigenvalue weighted by Crippen LogP contribution is -2.08. The lowest BCUT2D eigenvalue weighted by molar-refractivity contribution is 0.450. The molecule has 0 atom stereocenters. The Bertz CT molecular complexity index is 894. The van der Waals surface area contributed by atoms with E-state index in [1.807, 2.05) is 19.9 Å². The van der Waals surface area contributed by atoms with Gasteiger partial charge in [-0.3, -0.25) is 0 Å². The second-order valence-electron chi connectivity index (χ2n) is 5.19. The van der Waals surface area contributed by atoms with Gasteiger partial charge in [-0.25, -0.2) is 4.68 Å². The Morgan fingerprint density at radius 1 is 1.09 bits per heavy atom. The first-order chi connectivity index (χ1) is 11.0. The first-order valence-electron chi connectivity index (χ1n) is 6.97. The summed E-state index contributed by atoms with van der Waals surface area (Å²) < 4.78 is 3.19. The van der Waals surface area contributed by atoms with E-state index in [0.717, 1.165) is 11.4 Å². The van der Waals surface area contributed by atoms with Crippen molar-refractivity contribution < 1.29 is 10.2 Å². The van der Waals surface area contributed by atoms with Gasteiger partial charge in [-0.05, 0) is 39.0 Å². The highest BCUT2D eigenvalue weighted by Crippen LogP contribution is 2.21. The number of hydrogen-bond donors (Lipinski definition) is 2. The molecule has 0 radical (unpaired) electrons. The molecule has 8 heteroatoms. The van der Waals surface area contributed by atoms with Crippen molar-refractivity contribution in [2.24, 2.45) is 5.10 Å². The number of phenols is 2. The predicted molar refractivity (Wildman–Crippen MR) is 84.1 cm³/mol. The molecule has 1 aromatic carbocycles. The summed E-state index contributed by atoms with van der Waals surface area (Å²) >= 11 is 0. The molecule has 0 amide bonds. The third kappa shape index (κ3) is 2.78. The molecule has 118 valence electrons. The Hall–Kier alpha value is -3.16. The van der Waals surface area contributed by atoms with E-state index >= 15 is 0 Å². The zero-order chi connectivity index (χ0) is 16.6. The number of aromatic hydroxyl groups is 2. The molecule has 23 heavy (non-hydrogen) atoms. The zero-order valence-electron chi connectivity index (χ0n) is 13.0. The van der Waals surface area contributed by atoms with Crippen molar-refractivity contribution >= 4 is 6.21 Å². The van der Waals surface area contributed by atoms with Crippen LogP contribution in [0.4, 0.5) is 0 Å². The van der Waals surface area contributed by atoms with Crippen molar-refractivity contribution in [3.8, 4) is 17.4 Å². The smallest absolute Gasteiger partial charge is 0.273 e. The van der Waals surface area contributed by atoms with Crippen LogP contribution in [0.1, 0.15) is 22.8 Å². The molecule has 2 N–H and O–H groups in total. The summed E-state index contributed by atoms with van der Waals surface area (Å²) in [7, 11) is 0. The fourth-order valence-electron chi connectivity index (χ4n) is 2.21. The minimum absolute atomic E-state index is 0.0107. The highest BCUT2D eigenvalue weighted by molar-refractivity contribution is 5.83. The van der Waals surface area contributed by atoms with Crippen LogP contribution in [0.2, 0.25) is 0 Å². The lowest BCUT2D eigenvalue weighted by Gasteiger charge is -2.04. The van der Waals surface area contributed by atoms with Gasteiger partial charge in [0.2, 0.25) is 0 Å². The molecule has 0 spiro atoms. The number of nitrogens with zero attached hydrogens (tertiary/aromatic N) is 6. The number of rotatable bonds is 3. The summed E-state index contributed by atoms with van der Waals surface area (Å²) in [5.41, 5.74) is 2.25. The fraction of sp³-hybridized carbons (Fsp3) is 0.200. The summed E-state index contributed by atoms with van der Waals surface area (Å²) in [5, 5.41) is 36.0. The standard InChI is InChI=1S/C15H16N6O2/c1-9-6-10(2)20(19-9)15-18-17-11(3)21(15)16-8-12-4-5-13(22)7-14(12)23/h4-8,22-23H,1-3H3/b16-8+. The van der Waals surface area contributed by atoms with E-state index < -0.39 is 0 Å². The molecular weight excluding hydrogens is 296 g/mol. The maximum atomic E-state index is 9.81. The number of hydrogen-bond acceptors (Lipinski definition) is 6. The molecule has 3 aromatic rings. The minimum atomic E-state index is -0.0628. The Kier molecular flexibility index (Phi) is 3.57. The Morgan fingerprint density at radius 3 is 2.52 bits per heavy atom. The summed E-state index contributed by atoms with van der Waals surface area (Å²) in [6.07, 6.45) is 1.47. The first-order valence-corrected chi connectivity index (χ1v) is 6.97. The second-order valence-corrected chi connectivity index (χ2v) is 5.19. The van der Waals surface area contributed by atoms with Gasteiger partial charge in [0, 0.05) is 17.3 Å². The molecular formula is C15H16N6O2. The molecule has 0 aliphatic carbocycles. The molecule has 0 aliphatic heterocycles. The van der Waals surface area contributed by atoms with Crippen LogP contribution < -0.4 is 0 Å². The predicted octanol–water partition coefficient (Wildman–Crippen LogP) is 1.68. The number of phenolic OH excluding ortho intramolecular Hbond substituents is 2. The molecule has 0 bridgehead atoms. The van der Waals surface area contributed by atoms with E-state index in [9.17, 15) is 10.2 Å². The van der Waals surface area contributed by atoms with Gasteiger partial charge < -0.3 is 10.2 Å². The molecule has 2 aromatic heterocycles. The van der Waals surface area contributed by atoms with Crippen molar-refractivity contribution in [1.82, 2.24) is 24.7 Å². The van der Waals surface area contributed by atoms with E-state index in [1.165, 1.54) is 23.0 Å². The van der Waals surface area contributed by atoms with Gasteiger partial charge in [-0.2, -0.15) is 14.9 Å². The van der Waals surface area contributed by atoms with Crippen molar-refractivity contribution in [3.63, 3.8) is 0 Å².